The third kappa shape index (κ3) is 6.27. The Kier molecular flexibility index (Phi) is 7.84. The van der Waals surface area contributed by atoms with Crippen molar-refractivity contribution >= 4 is 47.0 Å². The van der Waals surface area contributed by atoms with E-state index in [1.54, 1.807) is 54.8 Å². The van der Waals surface area contributed by atoms with Crippen molar-refractivity contribution in [3.05, 3.63) is 68.2 Å². The summed E-state index contributed by atoms with van der Waals surface area (Å²) in [4.78, 5) is 39.4. The van der Waals surface area contributed by atoms with E-state index >= 15 is 0 Å². The van der Waals surface area contributed by atoms with E-state index in [9.17, 15) is 19.7 Å². The van der Waals surface area contributed by atoms with Crippen LogP contribution in [0.25, 0.3) is 17.2 Å². The summed E-state index contributed by atoms with van der Waals surface area (Å²) >= 11 is 12.3. The van der Waals surface area contributed by atoms with Crippen LogP contribution in [0, 0.1) is 10.1 Å². The van der Waals surface area contributed by atoms with Gasteiger partial charge in [0.25, 0.3) is 5.69 Å². The molecule has 1 aliphatic rings. The van der Waals surface area contributed by atoms with Crippen LogP contribution in [0.2, 0.25) is 10.0 Å². The van der Waals surface area contributed by atoms with Crippen LogP contribution in [0.5, 0.6) is 0 Å². The molecule has 2 amide bonds. The number of nitro benzene ring substituents is 1. The fraction of sp³-hybridized carbons (Fsp3) is 0.333. The second-order valence-corrected chi connectivity index (χ2v) is 9.59. The highest BCUT2D eigenvalue weighted by Crippen LogP contribution is 2.39. The van der Waals surface area contributed by atoms with Crippen LogP contribution in [0.3, 0.4) is 0 Å². The van der Waals surface area contributed by atoms with Crippen LogP contribution >= 0.6 is 23.2 Å². The minimum atomic E-state index is -0.588. The maximum atomic E-state index is 12.8. The number of ether oxygens (including phenoxy) is 1. The van der Waals surface area contributed by atoms with Gasteiger partial charge >= 0.3 is 6.09 Å². The Morgan fingerprint density at radius 3 is 2.29 bits per heavy atom. The molecule has 180 valence electrons. The number of hydrogen-bond acceptors (Lipinski definition) is 5. The topological polar surface area (TPSA) is 93.0 Å². The molecule has 1 aliphatic heterocycles. The number of carbonyl (C=O) groups is 2. The Labute approximate surface area is 207 Å². The van der Waals surface area contributed by atoms with Gasteiger partial charge in [-0.1, -0.05) is 41.4 Å². The number of hydrogen-bond donors (Lipinski definition) is 0. The summed E-state index contributed by atoms with van der Waals surface area (Å²) in [5, 5.41) is 12.4. The molecule has 0 radical (unpaired) electrons. The van der Waals surface area contributed by atoms with Crippen molar-refractivity contribution in [2.75, 3.05) is 26.2 Å². The number of nitro groups is 1. The summed E-state index contributed by atoms with van der Waals surface area (Å²) in [6.45, 7) is 6.83. The van der Waals surface area contributed by atoms with Gasteiger partial charge in [-0.25, -0.2) is 4.79 Å². The molecule has 2 aromatic rings. The normalized spacial score (nSPS) is 14.4. The minimum Gasteiger partial charge on any atom is -0.444 e. The molecule has 0 saturated carbocycles. The zero-order valence-corrected chi connectivity index (χ0v) is 20.6. The first-order valence-electron chi connectivity index (χ1n) is 10.6. The summed E-state index contributed by atoms with van der Waals surface area (Å²) in [6, 6.07) is 9.34. The average Bonchev–Trinajstić information content (AvgIpc) is 2.76. The Morgan fingerprint density at radius 1 is 1.06 bits per heavy atom. The standard InChI is InChI=1S/C24H25Cl2N3O5/c1-24(2,3)34-23(31)28-13-11-27(12-14-28)21(30)10-7-16-5-4-6-20(29(32)33)22(16)18-9-8-17(25)15-19(18)26/h4-10,15H,11-14H2,1-3H3/b10-7+. The molecule has 0 N–H and O–H groups in total. The van der Waals surface area contributed by atoms with Crippen LogP contribution in [0.1, 0.15) is 26.3 Å². The SMILES string of the molecule is CC(C)(C)OC(=O)N1CCN(C(=O)/C=C/c2cccc([N+](=O)[O-])c2-c2ccc(Cl)cc2Cl)CC1. The van der Waals surface area contributed by atoms with Gasteiger partial charge in [0, 0.05) is 48.9 Å². The van der Waals surface area contributed by atoms with Gasteiger partial charge in [-0.15, -0.1) is 0 Å². The lowest BCUT2D eigenvalue weighted by atomic mass is 9.97. The lowest BCUT2D eigenvalue weighted by Gasteiger charge is -2.35. The first-order valence-corrected chi connectivity index (χ1v) is 11.4. The van der Waals surface area contributed by atoms with Crippen LogP contribution < -0.4 is 0 Å². The van der Waals surface area contributed by atoms with Gasteiger partial charge < -0.3 is 14.5 Å². The molecule has 2 aromatic carbocycles. The number of nitrogens with zero attached hydrogens (tertiary/aromatic N) is 3. The van der Waals surface area contributed by atoms with Gasteiger partial charge in [-0.05, 0) is 44.5 Å². The minimum absolute atomic E-state index is 0.134. The van der Waals surface area contributed by atoms with E-state index in [0.717, 1.165) is 0 Å². The molecule has 1 heterocycles. The molecule has 0 atom stereocenters. The predicted molar refractivity (Wildman–Crippen MR) is 132 cm³/mol. The first kappa shape index (κ1) is 25.5. The summed E-state index contributed by atoms with van der Waals surface area (Å²) in [7, 11) is 0. The molecular formula is C24H25Cl2N3O5. The molecule has 0 bridgehead atoms. The molecule has 1 saturated heterocycles. The van der Waals surface area contributed by atoms with Crippen molar-refractivity contribution in [3.8, 4) is 11.1 Å². The van der Waals surface area contributed by atoms with Crippen molar-refractivity contribution in [1.82, 2.24) is 9.80 Å². The number of halogens is 2. The molecule has 3 rings (SSSR count). The monoisotopic (exact) mass is 505 g/mol. The van der Waals surface area contributed by atoms with Crippen molar-refractivity contribution in [1.29, 1.82) is 0 Å². The van der Waals surface area contributed by atoms with E-state index in [1.807, 2.05) is 0 Å². The van der Waals surface area contributed by atoms with E-state index in [-0.39, 0.29) is 16.6 Å². The zero-order valence-electron chi connectivity index (χ0n) is 19.1. The summed E-state index contributed by atoms with van der Waals surface area (Å²) in [5.41, 5.74) is 0.490. The fourth-order valence-corrected chi connectivity index (χ4v) is 4.04. The van der Waals surface area contributed by atoms with Crippen LogP contribution in [-0.2, 0) is 9.53 Å². The van der Waals surface area contributed by atoms with Gasteiger partial charge in [-0.3, -0.25) is 14.9 Å². The van der Waals surface area contributed by atoms with Crippen molar-refractivity contribution in [2.24, 2.45) is 0 Å². The summed E-state index contributed by atoms with van der Waals surface area (Å²) < 4.78 is 5.38. The lowest BCUT2D eigenvalue weighted by molar-refractivity contribution is -0.384. The molecule has 1 fully saturated rings. The highest BCUT2D eigenvalue weighted by molar-refractivity contribution is 6.36. The van der Waals surface area contributed by atoms with Crippen molar-refractivity contribution in [2.45, 2.75) is 26.4 Å². The fourth-order valence-electron chi connectivity index (χ4n) is 3.54. The third-order valence-corrected chi connectivity index (χ3v) is 5.67. The molecular weight excluding hydrogens is 481 g/mol. The number of carbonyl (C=O) groups excluding carboxylic acids is 2. The zero-order chi connectivity index (χ0) is 25.0. The largest absolute Gasteiger partial charge is 0.444 e. The molecule has 0 unspecified atom stereocenters. The molecule has 8 nitrogen and oxygen atoms in total. The molecule has 0 spiro atoms. The quantitative estimate of drug-likeness (QED) is 0.303. The highest BCUT2D eigenvalue weighted by Gasteiger charge is 2.27. The smallest absolute Gasteiger partial charge is 0.410 e. The highest BCUT2D eigenvalue weighted by atomic mass is 35.5. The maximum Gasteiger partial charge on any atom is 0.410 e. The van der Waals surface area contributed by atoms with E-state index < -0.39 is 16.6 Å². The van der Waals surface area contributed by atoms with Crippen LogP contribution in [0.4, 0.5) is 10.5 Å². The summed E-state index contributed by atoms with van der Waals surface area (Å²) in [6.07, 6.45) is 2.50. The van der Waals surface area contributed by atoms with Gasteiger partial charge in [0.15, 0.2) is 0 Å². The van der Waals surface area contributed by atoms with E-state index in [1.165, 1.54) is 24.3 Å². The van der Waals surface area contributed by atoms with E-state index in [4.69, 9.17) is 27.9 Å². The molecule has 10 heteroatoms. The Bertz CT molecular complexity index is 1140. The van der Waals surface area contributed by atoms with Crippen LogP contribution in [0.15, 0.2) is 42.5 Å². The number of rotatable bonds is 4. The maximum absolute atomic E-state index is 12.8. The third-order valence-electron chi connectivity index (χ3n) is 5.12. The van der Waals surface area contributed by atoms with Crippen molar-refractivity contribution < 1.29 is 19.2 Å². The van der Waals surface area contributed by atoms with Gasteiger partial charge in [-0.2, -0.15) is 0 Å². The Balaban J connectivity index is 1.78. The molecule has 0 aliphatic carbocycles. The predicted octanol–water partition coefficient (Wildman–Crippen LogP) is 5.66. The Morgan fingerprint density at radius 2 is 1.71 bits per heavy atom. The number of piperazine rings is 1. The second-order valence-electron chi connectivity index (χ2n) is 8.75. The molecule has 34 heavy (non-hydrogen) atoms. The Hall–Kier alpha value is -3.10. The van der Waals surface area contributed by atoms with Crippen molar-refractivity contribution in [3.63, 3.8) is 0 Å². The number of amides is 2. The van der Waals surface area contributed by atoms with E-state index in [0.29, 0.717) is 47.9 Å². The second kappa shape index (κ2) is 10.4. The first-order chi connectivity index (χ1) is 16.0. The molecule has 0 aromatic heterocycles. The van der Waals surface area contributed by atoms with Gasteiger partial charge in [0.2, 0.25) is 5.91 Å². The lowest BCUT2D eigenvalue weighted by Crippen LogP contribution is -2.51. The summed E-state index contributed by atoms with van der Waals surface area (Å²) in [5.74, 6) is -0.261. The van der Waals surface area contributed by atoms with Gasteiger partial charge in [0.05, 0.1) is 15.5 Å². The average molecular weight is 506 g/mol. The van der Waals surface area contributed by atoms with E-state index in [2.05, 4.69) is 0 Å². The van der Waals surface area contributed by atoms with Crippen LogP contribution in [-0.4, -0.2) is 58.5 Å². The van der Waals surface area contributed by atoms with Gasteiger partial charge in [0.1, 0.15) is 5.60 Å². The number of benzene rings is 2.